The van der Waals surface area contributed by atoms with Crippen molar-refractivity contribution in [3.8, 4) is 11.6 Å². The van der Waals surface area contributed by atoms with Gasteiger partial charge in [0.05, 0.1) is 12.6 Å². The molecule has 0 bridgehead atoms. The zero-order chi connectivity index (χ0) is 18.5. The van der Waals surface area contributed by atoms with Crippen LogP contribution >= 0.6 is 0 Å². The Labute approximate surface area is 151 Å². The van der Waals surface area contributed by atoms with Crippen molar-refractivity contribution >= 4 is 22.5 Å². The highest BCUT2D eigenvalue weighted by Gasteiger charge is 2.17. The molecule has 1 amide bonds. The van der Waals surface area contributed by atoms with Crippen molar-refractivity contribution in [2.45, 2.75) is 26.3 Å². The molecule has 0 spiro atoms. The van der Waals surface area contributed by atoms with Crippen molar-refractivity contribution in [2.75, 3.05) is 7.11 Å². The minimum atomic E-state index is -0.451. The van der Waals surface area contributed by atoms with Crippen LogP contribution in [0.15, 0.2) is 58.8 Å². The van der Waals surface area contributed by atoms with E-state index in [1.54, 1.807) is 42.0 Å². The number of hydrogen-bond donors (Lipinski definition) is 1. The van der Waals surface area contributed by atoms with E-state index in [1.165, 1.54) is 0 Å². The van der Waals surface area contributed by atoms with E-state index in [4.69, 9.17) is 4.74 Å². The van der Waals surface area contributed by atoms with E-state index < -0.39 is 5.91 Å². The molecule has 0 unspecified atom stereocenters. The molecule has 2 aromatic carbocycles. The summed E-state index contributed by atoms with van der Waals surface area (Å²) in [6.07, 6.45) is 1.90. The Hall–Kier alpha value is -3.15. The molecule has 0 saturated heterocycles. The van der Waals surface area contributed by atoms with Crippen LogP contribution in [-0.4, -0.2) is 22.7 Å². The predicted octanol–water partition coefficient (Wildman–Crippen LogP) is 5.08. The molecule has 0 fully saturated rings. The van der Waals surface area contributed by atoms with Gasteiger partial charge in [-0.25, -0.2) is 0 Å². The fourth-order valence-electron chi connectivity index (χ4n) is 2.80. The summed E-state index contributed by atoms with van der Waals surface area (Å²) < 4.78 is 7.06. The Morgan fingerprint density at radius 3 is 2.65 bits per heavy atom. The van der Waals surface area contributed by atoms with Crippen LogP contribution in [0.1, 0.15) is 30.1 Å². The van der Waals surface area contributed by atoms with Gasteiger partial charge in [-0.1, -0.05) is 31.5 Å². The van der Waals surface area contributed by atoms with Gasteiger partial charge in [0.15, 0.2) is 5.69 Å². The van der Waals surface area contributed by atoms with E-state index in [9.17, 15) is 9.90 Å². The van der Waals surface area contributed by atoms with E-state index in [0.717, 1.165) is 23.7 Å². The lowest BCUT2D eigenvalue weighted by molar-refractivity contribution is 0.0995. The molecule has 3 rings (SSSR count). The second-order valence-electron chi connectivity index (χ2n) is 5.93. The maximum absolute atomic E-state index is 12.2. The van der Waals surface area contributed by atoms with Gasteiger partial charge in [-0.15, -0.1) is 10.2 Å². The van der Waals surface area contributed by atoms with Gasteiger partial charge in [-0.3, -0.25) is 4.79 Å². The second-order valence-corrected chi connectivity index (χ2v) is 5.93. The number of unbranched alkanes of at least 4 members (excludes halogenated alkanes) is 1. The molecule has 0 saturated carbocycles. The molecule has 6 heteroatoms. The van der Waals surface area contributed by atoms with Crippen LogP contribution in [0.2, 0.25) is 0 Å². The number of azo groups is 1. The summed E-state index contributed by atoms with van der Waals surface area (Å²) in [5.41, 5.74) is 1.55. The Bertz CT molecular complexity index is 946. The largest absolute Gasteiger partial charge is 0.497 e. The number of aromatic nitrogens is 1. The fourth-order valence-corrected chi connectivity index (χ4v) is 2.80. The molecular weight excluding hydrogens is 330 g/mol. The summed E-state index contributed by atoms with van der Waals surface area (Å²) in [7, 11) is 1.60. The van der Waals surface area contributed by atoms with Crippen LogP contribution in [0.25, 0.3) is 10.9 Å². The number of amides is 1. The van der Waals surface area contributed by atoms with E-state index in [0.29, 0.717) is 23.5 Å². The Balaban J connectivity index is 2.03. The van der Waals surface area contributed by atoms with Crippen LogP contribution < -0.4 is 4.74 Å². The Morgan fingerprint density at radius 1 is 1.19 bits per heavy atom. The first-order valence-corrected chi connectivity index (χ1v) is 8.56. The maximum Gasteiger partial charge on any atom is 0.295 e. The standard InChI is InChI=1S/C20H21N3O3/c1-3-4-12-23-17-13-15(26-2)10-11-16(17)18(20(23)25)21-22-19(24)14-8-6-5-7-9-14/h5-11,13,25H,3-4,12H2,1-2H3. The third kappa shape index (κ3) is 3.44. The third-order valence-electron chi connectivity index (χ3n) is 4.22. The normalized spacial score (nSPS) is 11.3. The van der Waals surface area contributed by atoms with E-state index in [1.807, 2.05) is 18.2 Å². The molecule has 0 radical (unpaired) electrons. The number of hydrogen-bond acceptors (Lipinski definition) is 4. The summed E-state index contributed by atoms with van der Waals surface area (Å²) in [4.78, 5) is 12.2. The number of fused-ring (bicyclic) bond motifs is 1. The average molecular weight is 351 g/mol. The lowest BCUT2D eigenvalue weighted by atomic mass is 10.2. The van der Waals surface area contributed by atoms with Crippen LogP contribution in [0.4, 0.5) is 5.69 Å². The topological polar surface area (TPSA) is 76.2 Å². The lowest BCUT2D eigenvalue weighted by Crippen LogP contribution is -1.96. The molecule has 1 N–H and O–H groups in total. The number of carbonyl (C=O) groups excluding carboxylic acids is 1. The van der Waals surface area contributed by atoms with Crippen LogP contribution in [0.3, 0.4) is 0 Å². The first kappa shape index (κ1) is 17.7. The van der Waals surface area contributed by atoms with Gasteiger partial charge in [0.2, 0.25) is 5.88 Å². The molecule has 0 aliphatic heterocycles. The predicted molar refractivity (Wildman–Crippen MR) is 100 cm³/mol. The first-order chi connectivity index (χ1) is 12.7. The minimum absolute atomic E-state index is 0.00585. The summed E-state index contributed by atoms with van der Waals surface area (Å²) in [5, 5.41) is 19.2. The molecular formula is C20H21N3O3. The molecule has 6 nitrogen and oxygen atoms in total. The van der Waals surface area contributed by atoms with Crippen LogP contribution in [0.5, 0.6) is 11.6 Å². The van der Waals surface area contributed by atoms with Crippen molar-refractivity contribution < 1.29 is 14.6 Å². The Morgan fingerprint density at radius 2 is 1.96 bits per heavy atom. The third-order valence-corrected chi connectivity index (χ3v) is 4.22. The lowest BCUT2D eigenvalue weighted by Gasteiger charge is -2.06. The molecule has 0 aliphatic carbocycles. The van der Waals surface area contributed by atoms with Gasteiger partial charge in [0.1, 0.15) is 5.75 Å². The summed E-state index contributed by atoms with van der Waals surface area (Å²) in [5.74, 6) is 0.246. The highest BCUT2D eigenvalue weighted by atomic mass is 16.5. The van der Waals surface area contributed by atoms with E-state index >= 15 is 0 Å². The van der Waals surface area contributed by atoms with Crippen LogP contribution in [0, 0.1) is 0 Å². The summed E-state index contributed by atoms with van der Waals surface area (Å²) in [6, 6.07) is 14.2. The van der Waals surface area contributed by atoms with Crippen molar-refractivity contribution in [3.05, 3.63) is 54.1 Å². The molecule has 0 atom stereocenters. The minimum Gasteiger partial charge on any atom is -0.497 e. The fraction of sp³-hybridized carbons (Fsp3) is 0.250. The zero-order valence-corrected chi connectivity index (χ0v) is 14.8. The molecule has 1 heterocycles. The van der Waals surface area contributed by atoms with Gasteiger partial charge >= 0.3 is 0 Å². The van der Waals surface area contributed by atoms with E-state index in [-0.39, 0.29) is 5.88 Å². The molecule has 26 heavy (non-hydrogen) atoms. The molecule has 1 aromatic heterocycles. The highest BCUT2D eigenvalue weighted by Crippen LogP contribution is 2.40. The van der Waals surface area contributed by atoms with Gasteiger partial charge in [0, 0.05) is 23.6 Å². The second kappa shape index (κ2) is 7.82. The number of benzene rings is 2. The van der Waals surface area contributed by atoms with Crippen LogP contribution in [-0.2, 0) is 6.54 Å². The number of ether oxygens (including phenoxy) is 1. The molecule has 3 aromatic rings. The number of carbonyl (C=O) groups is 1. The maximum atomic E-state index is 12.2. The first-order valence-electron chi connectivity index (χ1n) is 8.56. The number of methoxy groups -OCH3 is 1. The summed E-state index contributed by atoms with van der Waals surface area (Å²) >= 11 is 0. The SMILES string of the molecule is CCCCn1c(O)c(N=NC(=O)c2ccccc2)c2ccc(OC)cc21. The quantitative estimate of drug-likeness (QED) is 0.629. The van der Waals surface area contributed by atoms with Gasteiger partial charge in [-0.05, 0) is 30.7 Å². The van der Waals surface area contributed by atoms with Gasteiger partial charge in [0.25, 0.3) is 5.91 Å². The van der Waals surface area contributed by atoms with Crippen molar-refractivity contribution in [2.24, 2.45) is 10.2 Å². The smallest absolute Gasteiger partial charge is 0.295 e. The molecule has 134 valence electrons. The van der Waals surface area contributed by atoms with Crippen molar-refractivity contribution in [1.29, 1.82) is 0 Å². The summed E-state index contributed by atoms with van der Waals surface area (Å²) in [6.45, 7) is 2.73. The number of aryl methyl sites for hydroxylation is 1. The van der Waals surface area contributed by atoms with Gasteiger partial charge < -0.3 is 14.4 Å². The van der Waals surface area contributed by atoms with Gasteiger partial charge in [-0.2, -0.15) is 0 Å². The Kier molecular flexibility index (Phi) is 5.31. The van der Waals surface area contributed by atoms with E-state index in [2.05, 4.69) is 17.2 Å². The molecule has 0 aliphatic rings. The number of aromatic hydroxyl groups is 1. The average Bonchev–Trinajstić information content (AvgIpc) is 2.95. The van der Waals surface area contributed by atoms with Crippen molar-refractivity contribution in [1.82, 2.24) is 4.57 Å². The number of nitrogens with zero attached hydrogens (tertiary/aromatic N) is 3. The van der Waals surface area contributed by atoms with Crippen molar-refractivity contribution in [3.63, 3.8) is 0 Å². The monoisotopic (exact) mass is 351 g/mol. The zero-order valence-electron chi connectivity index (χ0n) is 14.8. The number of rotatable bonds is 6. The highest BCUT2D eigenvalue weighted by molar-refractivity contribution is 5.97.